The molecule has 1 aromatic carbocycles. The first-order valence-electron chi connectivity index (χ1n) is 11.7. The van der Waals surface area contributed by atoms with Crippen LogP contribution < -0.4 is 10.1 Å². The van der Waals surface area contributed by atoms with Crippen LogP contribution in [0.2, 0.25) is 0 Å². The highest BCUT2D eigenvalue weighted by molar-refractivity contribution is 7.91. The molecule has 3 aromatic heterocycles. The monoisotopic (exact) mass is 496 g/mol. The number of nitrogens with zero attached hydrogens (tertiary/aromatic N) is 3. The van der Waals surface area contributed by atoms with Gasteiger partial charge in [-0.15, -0.1) is 0 Å². The number of benzene rings is 1. The van der Waals surface area contributed by atoms with Crippen LogP contribution in [0, 0.1) is 12.7 Å². The maximum atomic E-state index is 15.1. The van der Waals surface area contributed by atoms with E-state index in [1.54, 1.807) is 24.3 Å². The molecule has 1 saturated carbocycles. The molecular formula is C24H25FN6O3S. The van der Waals surface area contributed by atoms with Gasteiger partial charge in [0.05, 0.1) is 17.2 Å². The number of aryl methyl sites for hydroxylation is 1. The van der Waals surface area contributed by atoms with Crippen molar-refractivity contribution in [1.82, 2.24) is 25.1 Å². The summed E-state index contributed by atoms with van der Waals surface area (Å²) in [5, 5.41) is 11.0. The summed E-state index contributed by atoms with van der Waals surface area (Å²) in [6.45, 7) is 1.86. The van der Waals surface area contributed by atoms with Crippen LogP contribution in [0.15, 0.2) is 30.3 Å². The number of rotatable bonds is 6. The molecule has 1 saturated heterocycles. The summed E-state index contributed by atoms with van der Waals surface area (Å²) in [5.41, 5.74) is 3.26. The van der Waals surface area contributed by atoms with Crippen LogP contribution in [0.4, 0.5) is 16.0 Å². The summed E-state index contributed by atoms with van der Waals surface area (Å²) < 4.78 is 44.8. The summed E-state index contributed by atoms with van der Waals surface area (Å²) in [7, 11) is -3.02. The van der Waals surface area contributed by atoms with E-state index >= 15 is 4.39 Å². The number of halogens is 1. The van der Waals surface area contributed by atoms with E-state index in [0.717, 1.165) is 24.2 Å². The molecule has 0 radical (unpaired) electrons. The number of sulfone groups is 1. The fourth-order valence-electron chi connectivity index (χ4n) is 4.55. The second kappa shape index (κ2) is 8.33. The molecular weight excluding hydrogens is 471 g/mol. The molecule has 4 heterocycles. The number of aromatic amines is 2. The van der Waals surface area contributed by atoms with Gasteiger partial charge in [0, 0.05) is 46.3 Å². The third-order valence-electron chi connectivity index (χ3n) is 6.61. The average molecular weight is 497 g/mol. The Morgan fingerprint density at radius 1 is 1.03 bits per heavy atom. The van der Waals surface area contributed by atoms with Crippen LogP contribution in [0.1, 0.15) is 54.6 Å². The highest BCUT2D eigenvalue weighted by atomic mass is 32.2. The number of hydrogen-bond acceptors (Lipinski definition) is 7. The second-order valence-corrected chi connectivity index (χ2v) is 11.7. The van der Waals surface area contributed by atoms with Gasteiger partial charge in [-0.2, -0.15) is 15.1 Å². The summed E-state index contributed by atoms with van der Waals surface area (Å²) in [6.07, 6.45) is 3.24. The first-order valence-corrected chi connectivity index (χ1v) is 13.5. The molecule has 6 rings (SSSR count). The molecule has 2 aliphatic rings. The molecule has 0 bridgehead atoms. The van der Waals surface area contributed by atoms with Crippen molar-refractivity contribution in [2.45, 2.75) is 44.4 Å². The smallest absolute Gasteiger partial charge is 0.324 e. The number of H-pyrrole nitrogens is 2. The molecule has 4 aromatic rings. The van der Waals surface area contributed by atoms with Crippen molar-refractivity contribution >= 4 is 32.4 Å². The largest absolute Gasteiger partial charge is 0.421 e. The fraction of sp³-hybridized carbons (Fsp3) is 0.375. The van der Waals surface area contributed by atoms with Crippen LogP contribution in [0.3, 0.4) is 0 Å². The molecule has 9 nitrogen and oxygen atoms in total. The summed E-state index contributed by atoms with van der Waals surface area (Å²) >= 11 is 0. The molecule has 3 N–H and O–H groups in total. The van der Waals surface area contributed by atoms with Crippen molar-refractivity contribution < 1.29 is 17.5 Å². The Morgan fingerprint density at radius 2 is 1.83 bits per heavy atom. The third-order valence-corrected chi connectivity index (χ3v) is 8.32. The van der Waals surface area contributed by atoms with Crippen molar-refractivity contribution in [1.29, 1.82) is 0 Å². The van der Waals surface area contributed by atoms with Crippen LogP contribution in [-0.2, 0) is 9.84 Å². The number of ether oxygens (including phenoxy) is 1. The lowest BCUT2D eigenvalue weighted by Crippen LogP contribution is -2.23. The van der Waals surface area contributed by atoms with Crippen LogP contribution in [-0.4, -0.2) is 45.1 Å². The normalized spacial score (nSPS) is 18.1. The Kier molecular flexibility index (Phi) is 5.24. The standard InChI is InChI=1S/C24H25FN6O3S/c1-13-10-16-17(26-13)4-5-20(23(16)25)34-24-27-18(15-6-8-35(32,33)9-7-15)11-21(29-24)28-22-12-19(30-31-22)14-2-3-14/h4-5,10-12,14-15,26H,2-3,6-9H2,1H3,(H2,27,28,29,30,31). The van der Waals surface area contributed by atoms with Crippen molar-refractivity contribution in [2.24, 2.45) is 0 Å². The fourth-order valence-corrected chi connectivity index (χ4v) is 6.04. The Morgan fingerprint density at radius 3 is 2.60 bits per heavy atom. The molecule has 0 atom stereocenters. The first-order chi connectivity index (χ1) is 16.8. The Labute approximate surface area is 201 Å². The van der Waals surface area contributed by atoms with Crippen molar-refractivity contribution in [2.75, 3.05) is 16.8 Å². The molecule has 11 heteroatoms. The Balaban J connectivity index is 1.33. The van der Waals surface area contributed by atoms with E-state index in [1.165, 1.54) is 0 Å². The van der Waals surface area contributed by atoms with Crippen molar-refractivity contribution in [3.05, 3.63) is 53.2 Å². The second-order valence-electron chi connectivity index (χ2n) is 9.39. The highest BCUT2D eigenvalue weighted by Crippen LogP contribution is 2.40. The maximum absolute atomic E-state index is 15.1. The molecule has 0 unspecified atom stereocenters. The Bertz CT molecular complexity index is 1510. The highest BCUT2D eigenvalue weighted by Gasteiger charge is 2.28. The average Bonchev–Trinajstić information content (AvgIpc) is 3.44. The molecule has 1 aliphatic heterocycles. The van der Waals surface area contributed by atoms with E-state index in [9.17, 15) is 8.42 Å². The topological polar surface area (TPSA) is 126 Å². The minimum Gasteiger partial charge on any atom is -0.421 e. The molecule has 182 valence electrons. The molecule has 1 aliphatic carbocycles. The molecule has 2 fully saturated rings. The van der Waals surface area contributed by atoms with Gasteiger partial charge < -0.3 is 15.0 Å². The minimum absolute atomic E-state index is 0.0121. The van der Waals surface area contributed by atoms with E-state index < -0.39 is 15.7 Å². The number of fused-ring (bicyclic) bond motifs is 1. The SMILES string of the molecule is Cc1cc2c(F)c(Oc3nc(Nc4cc(C5CC5)[nH]n4)cc(C4CCS(=O)(=O)CC4)n3)ccc2[nH]1. The van der Waals surface area contributed by atoms with Crippen LogP contribution in [0.5, 0.6) is 11.8 Å². The quantitative estimate of drug-likeness (QED) is 0.349. The van der Waals surface area contributed by atoms with Gasteiger partial charge >= 0.3 is 6.01 Å². The predicted octanol–water partition coefficient (Wildman–Crippen LogP) is 4.83. The van der Waals surface area contributed by atoms with E-state index in [-0.39, 0.29) is 29.2 Å². The minimum atomic E-state index is -3.02. The zero-order chi connectivity index (χ0) is 24.2. The van der Waals surface area contributed by atoms with Gasteiger partial charge in [0.15, 0.2) is 17.4 Å². The molecule has 0 spiro atoms. The van der Waals surface area contributed by atoms with Crippen molar-refractivity contribution in [3.63, 3.8) is 0 Å². The van der Waals surface area contributed by atoms with Crippen LogP contribution in [0.25, 0.3) is 10.9 Å². The van der Waals surface area contributed by atoms with Gasteiger partial charge in [0.1, 0.15) is 15.7 Å². The number of nitrogens with one attached hydrogen (secondary N) is 3. The van der Waals surface area contributed by atoms with Gasteiger partial charge in [-0.05, 0) is 50.8 Å². The maximum Gasteiger partial charge on any atom is 0.324 e. The van der Waals surface area contributed by atoms with Gasteiger partial charge in [-0.3, -0.25) is 5.10 Å². The number of aromatic nitrogens is 5. The number of hydrogen-bond donors (Lipinski definition) is 3. The van der Waals surface area contributed by atoms with Crippen molar-refractivity contribution in [3.8, 4) is 11.8 Å². The van der Waals surface area contributed by atoms with Gasteiger partial charge in [0.2, 0.25) is 0 Å². The van der Waals surface area contributed by atoms with E-state index in [2.05, 4.69) is 30.5 Å². The lowest BCUT2D eigenvalue weighted by Gasteiger charge is -2.22. The summed E-state index contributed by atoms with van der Waals surface area (Å²) in [4.78, 5) is 12.1. The summed E-state index contributed by atoms with van der Waals surface area (Å²) in [6, 6.07) is 8.74. The molecule has 0 amide bonds. The summed E-state index contributed by atoms with van der Waals surface area (Å²) in [5.74, 6) is 1.27. The van der Waals surface area contributed by atoms with Gasteiger partial charge in [0.25, 0.3) is 0 Å². The van der Waals surface area contributed by atoms with Gasteiger partial charge in [-0.25, -0.2) is 12.8 Å². The van der Waals surface area contributed by atoms with E-state index in [1.807, 2.05) is 13.0 Å². The van der Waals surface area contributed by atoms with E-state index in [0.29, 0.717) is 47.0 Å². The lowest BCUT2D eigenvalue weighted by molar-refractivity contribution is 0.410. The predicted molar refractivity (Wildman–Crippen MR) is 130 cm³/mol. The Hall–Kier alpha value is -3.47. The first kappa shape index (κ1) is 22.0. The number of anilines is 2. The lowest BCUT2D eigenvalue weighted by atomic mass is 9.98. The third kappa shape index (κ3) is 4.60. The zero-order valence-electron chi connectivity index (χ0n) is 19.1. The zero-order valence-corrected chi connectivity index (χ0v) is 20.0. The van der Waals surface area contributed by atoms with E-state index in [4.69, 9.17) is 4.74 Å². The van der Waals surface area contributed by atoms with Gasteiger partial charge in [-0.1, -0.05) is 0 Å². The molecule has 35 heavy (non-hydrogen) atoms. The van der Waals surface area contributed by atoms with Crippen LogP contribution >= 0.6 is 0 Å².